The average molecular weight is 200 g/mol. The lowest BCUT2D eigenvalue weighted by Crippen LogP contribution is -2.45. The first kappa shape index (κ1) is 13.5. The minimum Gasteiger partial charge on any atom is -0.461 e. The second-order valence-corrected chi connectivity index (χ2v) is 6.43. The zero-order chi connectivity index (χ0) is 11.6. The first-order chi connectivity index (χ1) is 6.02. The van der Waals surface area contributed by atoms with Crippen molar-refractivity contribution >= 4 is 6.47 Å². The molecule has 0 aromatic carbocycles. The highest BCUT2D eigenvalue weighted by Gasteiger charge is 2.42. The molecule has 0 radical (unpaired) electrons. The molecule has 0 fully saturated rings. The number of hydrogen-bond acceptors (Lipinski definition) is 2. The van der Waals surface area contributed by atoms with Gasteiger partial charge in [0.15, 0.2) is 0 Å². The molecule has 2 nitrogen and oxygen atoms in total. The van der Waals surface area contributed by atoms with E-state index >= 15 is 0 Å². The van der Waals surface area contributed by atoms with E-state index in [1.807, 2.05) is 6.92 Å². The first-order valence-corrected chi connectivity index (χ1v) is 5.13. The fraction of sp³-hybridized carbons (Fsp3) is 0.917. The molecule has 0 rings (SSSR count). The highest BCUT2D eigenvalue weighted by atomic mass is 16.5. The van der Waals surface area contributed by atoms with Gasteiger partial charge in [-0.2, -0.15) is 0 Å². The molecular weight excluding hydrogens is 176 g/mol. The Bertz CT molecular complexity index is 195. The summed E-state index contributed by atoms with van der Waals surface area (Å²) in [5.41, 5.74) is -0.279. The normalized spacial score (nSPS) is 17.4. The SMILES string of the molecule is CC(C)(C)C[C@](C)(OC=O)C(C)(C)C. The van der Waals surface area contributed by atoms with Gasteiger partial charge in [-0.1, -0.05) is 41.5 Å². The Balaban J connectivity index is 4.82. The van der Waals surface area contributed by atoms with Crippen molar-refractivity contribution in [2.24, 2.45) is 10.8 Å². The van der Waals surface area contributed by atoms with E-state index < -0.39 is 5.60 Å². The van der Waals surface area contributed by atoms with Crippen molar-refractivity contribution in [2.45, 2.75) is 60.5 Å². The van der Waals surface area contributed by atoms with E-state index in [1.54, 1.807) is 0 Å². The topological polar surface area (TPSA) is 26.3 Å². The summed E-state index contributed by atoms with van der Waals surface area (Å²) in [6.45, 7) is 15.3. The maximum absolute atomic E-state index is 10.5. The summed E-state index contributed by atoms with van der Waals surface area (Å²) < 4.78 is 5.29. The highest BCUT2D eigenvalue weighted by molar-refractivity contribution is 5.38. The standard InChI is InChI=1S/C12H24O2/c1-10(2,3)8-12(7,14-9-13)11(4,5)6/h9H,8H2,1-7H3/t12-/m0/s1. The van der Waals surface area contributed by atoms with Crippen molar-refractivity contribution in [3.05, 3.63) is 0 Å². The van der Waals surface area contributed by atoms with Crippen molar-refractivity contribution in [2.75, 3.05) is 0 Å². The van der Waals surface area contributed by atoms with Crippen molar-refractivity contribution in [1.29, 1.82) is 0 Å². The fourth-order valence-corrected chi connectivity index (χ4v) is 1.60. The highest BCUT2D eigenvalue weighted by Crippen LogP contribution is 2.41. The van der Waals surface area contributed by atoms with Gasteiger partial charge in [0.05, 0.1) is 0 Å². The first-order valence-electron chi connectivity index (χ1n) is 5.13. The monoisotopic (exact) mass is 200 g/mol. The Morgan fingerprint density at radius 2 is 1.43 bits per heavy atom. The molecule has 0 heterocycles. The number of carbonyl (C=O) groups is 1. The van der Waals surface area contributed by atoms with Gasteiger partial charge in [-0.05, 0) is 18.8 Å². The molecule has 0 unspecified atom stereocenters. The molecule has 0 aliphatic rings. The van der Waals surface area contributed by atoms with Gasteiger partial charge in [-0.25, -0.2) is 0 Å². The van der Waals surface area contributed by atoms with Gasteiger partial charge in [-0.15, -0.1) is 0 Å². The third-order valence-electron chi connectivity index (χ3n) is 2.76. The predicted octanol–water partition coefficient (Wildman–Crippen LogP) is 3.40. The van der Waals surface area contributed by atoms with E-state index in [2.05, 4.69) is 41.5 Å². The lowest BCUT2D eigenvalue weighted by Gasteiger charge is -2.43. The van der Waals surface area contributed by atoms with Gasteiger partial charge in [0.2, 0.25) is 0 Å². The molecular formula is C12H24O2. The van der Waals surface area contributed by atoms with Crippen LogP contribution in [-0.4, -0.2) is 12.1 Å². The van der Waals surface area contributed by atoms with Gasteiger partial charge in [0.25, 0.3) is 6.47 Å². The minimum atomic E-state index is -0.396. The molecule has 0 spiro atoms. The average Bonchev–Trinajstić information content (AvgIpc) is 1.79. The Morgan fingerprint density at radius 1 is 1.00 bits per heavy atom. The van der Waals surface area contributed by atoms with Gasteiger partial charge in [0, 0.05) is 5.41 Å². The second-order valence-electron chi connectivity index (χ2n) is 6.43. The van der Waals surface area contributed by atoms with Crippen LogP contribution in [-0.2, 0) is 9.53 Å². The maximum atomic E-state index is 10.5. The van der Waals surface area contributed by atoms with Crippen LogP contribution < -0.4 is 0 Å². The van der Waals surface area contributed by atoms with Crippen molar-refractivity contribution in [3.8, 4) is 0 Å². The van der Waals surface area contributed by atoms with E-state index in [0.29, 0.717) is 6.47 Å². The summed E-state index contributed by atoms with van der Waals surface area (Å²) >= 11 is 0. The number of ether oxygens (including phenoxy) is 1. The lowest BCUT2D eigenvalue weighted by atomic mass is 9.69. The summed E-state index contributed by atoms with van der Waals surface area (Å²) in [5.74, 6) is 0. The van der Waals surface area contributed by atoms with E-state index in [0.717, 1.165) is 6.42 Å². The largest absolute Gasteiger partial charge is 0.461 e. The molecule has 0 saturated heterocycles. The van der Waals surface area contributed by atoms with E-state index in [1.165, 1.54) is 0 Å². The third kappa shape index (κ3) is 3.69. The van der Waals surface area contributed by atoms with Gasteiger partial charge in [-0.3, -0.25) is 4.79 Å². The lowest BCUT2D eigenvalue weighted by molar-refractivity contribution is -0.159. The maximum Gasteiger partial charge on any atom is 0.293 e. The van der Waals surface area contributed by atoms with Gasteiger partial charge >= 0.3 is 0 Å². The number of rotatable bonds is 3. The Labute approximate surface area is 88.0 Å². The zero-order valence-electron chi connectivity index (χ0n) is 10.6. The smallest absolute Gasteiger partial charge is 0.293 e. The second kappa shape index (κ2) is 3.92. The number of hydrogen-bond donors (Lipinski definition) is 0. The van der Waals surface area contributed by atoms with Gasteiger partial charge in [0.1, 0.15) is 5.60 Å². The summed E-state index contributed by atoms with van der Waals surface area (Å²) in [5, 5.41) is 0. The molecule has 0 amide bonds. The van der Waals surface area contributed by atoms with Crippen LogP contribution in [0.2, 0.25) is 0 Å². The van der Waals surface area contributed by atoms with Gasteiger partial charge < -0.3 is 4.74 Å². The molecule has 1 atom stereocenters. The van der Waals surface area contributed by atoms with E-state index in [9.17, 15) is 4.79 Å². The van der Waals surface area contributed by atoms with Crippen LogP contribution >= 0.6 is 0 Å². The molecule has 0 aliphatic carbocycles. The number of carbonyl (C=O) groups excluding carboxylic acids is 1. The quantitative estimate of drug-likeness (QED) is 0.653. The zero-order valence-corrected chi connectivity index (χ0v) is 10.6. The summed E-state index contributed by atoms with van der Waals surface area (Å²) in [7, 11) is 0. The molecule has 14 heavy (non-hydrogen) atoms. The summed E-state index contributed by atoms with van der Waals surface area (Å²) in [4.78, 5) is 10.5. The molecule has 0 saturated carbocycles. The molecule has 2 heteroatoms. The van der Waals surface area contributed by atoms with Crippen LogP contribution in [0, 0.1) is 10.8 Å². The molecule has 0 aromatic rings. The minimum absolute atomic E-state index is 0.0405. The Kier molecular flexibility index (Phi) is 3.77. The third-order valence-corrected chi connectivity index (χ3v) is 2.76. The molecule has 0 N–H and O–H groups in total. The van der Waals surface area contributed by atoms with Crippen molar-refractivity contribution in [1.82, 2.24) is 0 Å². The van der Waals surface area contributed by atoms with Crippen molar-refractivity contribution in [3.63, 3.8) is 0 Å². The fourth-order valence-electron chi connectivity index (χ4n) is 1.60. The Morgan fingerprint density at radius 3 is 1.64 bits per heavy atom. The summed E-state index contributed by atoms with van der Waals surface area (Å²) in [6.07, 6.45) is 0.863. The van der Waals surface area contributed by atoms with Crippen LogP contribution in [0.1, 0.15) is 54.9 Å². The van der Waals surface area contributed by atoms with Crippen LogP contribution in [0.5, 0.6) is 0 Å². The molecule has 84 valence electrons. The molecule has 0 aliphatic heterocycles. The predicted molar refractivity (Wildman–Crippen MR) is 59.1 cm³/mol. The van der Waals surface area contributed by atoms with E-state index in [-0.39, 0.29) is 10.8 Å². The molecule has 0 aromatic heterocycles. The van der Waals surface area contributed by atoms with Crippen LogP contribution in [0.3, 0.4) is 0 Å². The molecule has 0 bridgehead atoms. The van der Waals surface area contributed by atoms with Crippen LogP contribution in [0.15, 0.2) is 0 Å². The Hall–Kier alpha value is -0.530. The van der Waals surface area contributed by atoms with Crippen LogP contribution in [0.25, 0.3) is 0 Å². The van der Waals surface area contributed by atoms with Crippen LogP contribution in [0.4, 0.5) is 0 Å². The summed E-state index contributed by atoms with van der Waals surface area (Å²) in [6, 6.07) is 0. The van der Waals surface area contributed by atoms with Crippen molar-refractivity contribution < 1.29 is 9.53 Å². The van der Waals surface area contributed by atoms with E-state index in [4.69, 9.17) is 4.74 Å².